The van der Waals surface area contributed by atoms with E-state index in [0.29, 0.717) is 28.7 Å². The molecule has 0 aliphatic carbocycles. The van der Waals surface area contributed by atoms with E-state index in [2.05, 4.69) is 20.6 Å². The van der Waals surface area contributed by atoms with E-state index in [1.54, 1.807) is 18.7 Å². The van der Waals surface area contributed by atoms with Crippen LogP contribution < -0.4 is 15.5 Å². The monoisotopic (exact) mass is 337 g/mol. The maximum absolute atomic E-state index is 13.1. The van der Waals surface area contributed by atoms with E-state index in [1.807, 2.05) is 14.1 Å². The first-order chi connectivity index (χ1) is 10.8. The Morgan fingerprint density at radius 1 is 1.17 bits per heavy atom. The highest BCUT2D eigenvalue weighted by atomic mass is 35.5. The molecule has 0 saturated carbocycles. The number of benzene rings is 1. The van der Waals surface area contributed by atoms with Gasteiger partial charge in [0, 0.05) is 19.8 Å². The van der Waals surface area contributed by atoms with E-state index in [0.717, 1.165) is 0 Å². The van der Waals surface area contributed by atoms with Crippen molar-refractivity contribution < 1.29 is 9.18 Å². The number of nitrogens with one attached hydrogen (secondary N) is 2. The standard InChI is InChI=1S/C15H17ClFN5O/c1-8-13(9(2)19-14(18-8)22(3)4)21-15(23)20-10-5-6-12(17)11(16)7-10/h5-7H,1-4H3,(H2,20,21,23). The number of anilines is 3. The number of nitrogens with zero attached hydrogens (tertiary/aromatic N) is 3. The zero-order chi connectivity index (χ0) is 17.1. The van der Waals surface area contributed by atoms with Crippen molar-refractivity contribution in [2.45, 2.75) is 13.8 Å². The Morgan fingerprint density at radius 2 is 1.78 bits per heavy atom. The predicted octanol–water partition coefficient (Wildman–Crippen LogP) is 3.60. The molecule has 2 N–H and O–H groups in total. The van der Waals surface area contributed by atoms with Gasteiger partial charge in [0.25, 0.3) is 0 Å². The normalized spacial score (nSPS) is 10.3. The van der Waals surface area contributed by atoms with Gasteiger partial charge in [0.1, 0.15) is 5.82 Å². The van der Waals surface area contributed by atoms with Gasteiger partial charge in [-0.15, -0.1) is 0 Å². The topological polar surface area (TPSA) is 70.2 Å². The third kappa shape index (κ3) is 4.07. The number of amides is 2. The van der Waals surface area contributed by atoms with Gasteiger partial charge in [-0.05, 0) is 32.0 Å². The Labute approximate surface area is 138 Å². The first-order valence-corrected chi connectivity index (χ1v) is 7.21. The van der Waals surface area contributed by atoms with Crippen molar-refractivity contribution >= 4 is 35.0 Å². The number of rotatable bonds is 3. The molecule has 1 aromatic heterocycles. The van der Waals surface area contributed by atoms with Crippen LogP contribution in [0.2, 0.25) is 5.02 Å². The largest absolute Gasteiger partial charge is 0.347 e. The maximum atomic E-state index is 13.1. The average molecular weight is 338 g/mol. The van der Waals surface area contributed by atoms with Crippen LogP contribution in [0.15, 0.2) is 18.2 Å². The molecular weight excluding hydrogens is 321 g/mol. The number of hydrogen-bond acceptors (Lipinski definition) is 4. The summed E-state index contributed by atoms with van der Waals surface area (Å²) in [5.41, 5.74) is 2.21. The van der Waals surface area contributed by atoms with Crippen LogP contribution in [0.4, 0.5) is 26.5 Å². The zero-order valence-electron chi connectivity index (χ0n) is 13.2. The molecule has 0 radical (unpaired) electrons. The minimum atomic E-state index is -0.544. The second-order valence-electron chi connectivity index (χ2n) is 5.17. The van der Waals surface area contributed by atoms with Gasteiger partial charge >= 0.3 is 6.03 Å². The molecule has 2 aromatic rings. The Hall–Kier alpha value is -2.41. The smallest absolute Gasteiger partial charge is 0.323 e. The molecule has 122 valence electrons. The number of halogens is 2. The van der Waals surface area contributed by atoms with Crippen molar-refractivity contribution in [1.82, 2.24) is 9.97 Å². The Bertz CT molecular complexity index is 728. The number of hydrogen-bond donors (Lipinski definition) is 2. The Morgan fingerprint density at radius 3 is 2.30 bits per heavy atom. The van der Waals surface area contributed by atoms with Crippen LogP contribution in [0.5, 0.6) is 0 Å². The van der Waals surface area contributed by atoms with E-state index >= 15 is 0 Å². The summed E-state index contributed by atoms with van der Waals surface area (Å²) in [5.74, 6) is 0.0215. The summed E-state index contributed by atoms with van der Waals surface area (Å²) in [6.45, 7) is 3.57. The second kappa shape index (κ2) is 6.78. The lowest BCUT2D eigenvalue weighted by atomic mass is 10.3. The fourth-order valence-electron chi connectivity index (χ4n) is 1.93. The molecule has 6 nitrogen and oxygen atoms in total. The van der Waals surface area contributed by atoms with Gasteiger partial charge in [-0.1, -0.05) is 11.6 Å². The fraction of sp³-hybridized carbons (Fsp3) is 0.267. The minimum absolute atomic E-state index is 0.0613. The van der Waals surface area contributed by atoms with Crippen molar-refractivity contribution in [1.29, 1.82) is 0 Å². The summed E-state index contributed by atoms with van der Waals surface area (Å²) >= 11 is 5.68. The van der Waals surface area contributed by atoms with Crippen LogP contribution in [0.1, 0.15) is 11.4 Å². The third-order valence-corrected chi connectivity index (χ3v) is 3.36. The molecule has 8 heteroatoms. The van der Waals surface area contributed by atoms with Crippen molar-refractivity contribution in [3.05, 3.63) is 40.4 Å². The lowest BCUT2D eigenvalue weighted by Crippen LogP contribution is -2.22. The molecule has 1 heterocycles. The molecule has 0 atom stereocenters. The molecule has 2 rings (SSSR count). The number of urea groups is 1. The summed E-state index contributed by atoms with van der Waals surface area (Å²) in [5, 5.41) is 5.22. The molecular formula is C15H17ClFN5O. The van der Waals surface area contributed by atoms with Crippen LogP contribution in [-0.2, 0) is 0 Å². The highest BCUT2D eigenvalue weighted by molar-refractivity contribution is 6.31. The first kappa shape index (κ1) is 17.0. The van der Waals surface area contributed by atoms with Crippen LogP contribution >= 0.6 is 11.6 Å². The molecule has 0 saturated heterocycles. The van der Waals surface area contributed by atoms with E-state index in [4.69, 9.17) is 11.6 Å². The van der Waals surface area contributed by atoms with Crippen molar-refractivity contribution in [2.75, 3.05) is 29.6 Å². The summed E-state index contributed by atoms with van der Waals surface area (Å²) in [6, 6.07) is 3.46. The molecule has 0 aliphatic rings. The third-order valence-electron chi connectivity index (χ3n) is 3.08. The SMILES string of the molecule is Cc1nc(N(C)C)nc(C)c1NC(=O)Nc1ccc(F)c(Cl)c1. The fourth-order valence-corrected chi connectivity index (χ4v) is 2.11. The van der Waals surface area contributed by atoms with Gasteiger partial charge in [-0.3, -0.25) is 0 Å². The molecule has 0 spiro atoms. The average Bonchev–Trinajstić information content (AvgIpc) is 2.46. The van der Waals surface area contributed by atoms with Gasteiger partial charge in [0.05, 0.1) is 22.1 Å². The molecule has 1 aromatic carbocycles. The van der Waals surface area contributed by atoms with Gasteiger partial charge in [-0.2, -0.15) is 0 Å². The summed E-state index contributed by atoms with van der Waals surface area (Å²) in [7, 11) is 3.68. The molecule has 0 aliphatic heterocycles. The highest BCUT2D eigenvalue weighted by Gasteiger charge is 2.13. The van der Waals surface area contributed by atoms with E-state index in [9.17, 15) is 9.18 Å². The highest BCUT2D eigenvalue weighted by Crippen LogP contribution is 2.21. The lowest BCUT2D eigenvalue weighted by molar-refractivity contribution is 0.262. The van der Waals surface area contributed by atoms with E-state index < -0.39 is 11.8 Å². The van der Waals surface area contributed by atoms with Crippen LogP contribution in [0.25, 0.3) is 0 Å². The lowest BCUT2D eigenvalue weighted by Gasteiger charge is -2.16. The predicted molar refractivity (Wildman–Crippen MR) is 89.9 cm³/mol. The first-order valence-electron chi connectivity index (χ1n) is 6.83. The van der Waals surface area contributed by atoms with Gasteiger partial charge in [0.2, 0.25) is 5.95 Å². The molecule has 0 unspecified atom stereocenters. The van der Waals surface area contributed by atoms with Crippen LogP contribution in [-0.4, -0.2) is 30.1 Å². The Kier molecular flexibility index (Phi) is 5.00. The number of carbonyl (C=O) groups excluding carboxylic acids is 1. The van der Waals surface area contributed by atoms with Gasteiger partial charge in [0.15, 0.2) is 0 Å². The second-order valence-corrected chi connectivity index (χ2v) is 5.58. The summed E-state index contributed by atoms with van der Waals surface area (Å²) in [4.78, 5) is 22.5. The summed E-state index contributed by atoms with van der Waals surface area (Å²) < 4.78 is 13.1. The number of aryl methyl sites for hydroxylation is 2. The van der Waals surface area contributed by atoms with Crippen molar-refractivity contribution in [3.63, 3.8) is 0 Å². The van der Waals surface area contributed by atoms with Crippen LogP contribution in [0.3, 0.4) is 0 Å². The zero-order valence-corrected chi connectivity index (χ0v) is 14.0. The molecule has 23 heavy (non-hydrogen) atoms. The van der Waals surface area contributed by atoms with E-state index in [1.165, 1.54) is 18.2 Å². The number of carbonyl (C=O) groups is 1. The maximum Gasteiger partial charge on any atom is 0.323 e. The van der Waals surface area contributed by atoms with Crippen LogP contribution in [0, 0.1) is 19.7 Å². The van der Waals surface area contributed by atoms with Crippen molar-refractivity contribution in [2.24, 2.45) is 0 Å². The molecule has 2 amide bonds. The molecule has 0 bridgehead atoms. The minimum Gasteiger partial charge on any atom is -0.347 e. The quantitative estimate of drug-likeness (QED) is 0.897. The van der Waals surface area contributed by atoms with Crippen molar-refractivity contribution in [3.8, 4) is 0 Å². The van der Waals surface area contributed by atoms with Gasteiger partial charge in [-0.25, -0.2) is 19.2 Å². The number of aromatic nitrogens is 2. The Balaban J connectivity index is 2.15. The summed E-state index contributed by atoms with van der Waals surface area (Å²) in [6.07, 6.45) is 0. The van der Waals surface area contributed by atoms with Gasteiger partial charge < -0.3 is 15.5 Å². The van der Waals surface area contributed by atoms with E-state index in [-0.39, 0.29) is 5.02 Å². The molecule has 0 fully saturated rings.